The van der Waals surface area contributed by atoms with Crippen molar-refractivity contribution in [3.63, 3.8) is 0 Å². The number of aryl methyl sites for hydroxylation is 2. The minimum absolute atomic E-state index is 0.0405. The van der Waals surface area contributed by atoms with Gasteiger partial charge in [-0.05, 0) is 61.4 Å². The summed E-state index contributed by atoms with van der Waals surface area (Å²) in [5.74, 6) is -0.427. The molecule has 0 aliphatic rings. The molecule has 0 aliphatic heterocycles. The first-order valence-electron chi connectivity index (χ1n) is 5.85. The van der Waals surface area contributed by atoms with E-state index in [9.17, 15) is 12.8 Å². The molecule has 0 amide bonds. The summed E-state index contributed by atoms with van der Waals surface area (Å²) in [5, 5.41) is 0. The van der Waals surface area contributed by atoms with Crippen molar-refractivity contribution >= 4 is 31.6 Å². The molecule has 0 saturated carbocycles. The van der Waals surface area contributed by atoms with E-state index in [4.69, 9.17) is 0 Å². The van der Waals surface area contributed by atoms with Crippen LogP contribution in [0.25, 0.3) is 0 Å². The van der Waals surface area contributed by atoms with E-state index < -0.39 is 15.8 Å². The molecular formula is C14H13BrFNO2S. The molecule has 0 bridgehead atoms. The van der Waals surface area contributed by atoms with Crippen molar-refractivity contribution in [2.75, 3.05) is 4.72 Å². The highest BCUT2D eigenvalue weighted by atomic mass is 79.9. The van der Waals surface area contributed by atoms with Crippen molar-refractivity contribution in [3.8, 4) is 0 Å². The summed E-state index contributed by atoms with van der Waals surface area (Å²) in [7, 11) is -3.72. The Morgan fingerprint density at radius 1 is 1.05 bits per heavy atom. The summed E-state index contributed by atoms with van der Waals surface area (Å²) in [4.78, 5) is 0.0405. The van der Waals surface area contributed by atoms with Crippen molar-refractivity contribution in [1.82, 2.24) is 0 Å². The largest absolute Gasteiger partial charge is 0.279 e. The lowest BCUT2D eigenvalue weighted by atomic mass is 10.2. The number of anilines is 1. The van der Waals surface area contributed by atoms with E-state index in [2.05, 4.69) is 20.7 Å². The zero-order valence-corrected chi connectivity index (χ0v) is 13.3. The molecular weight excluding hydrogens is 345 g/mol. The average Bonchev–Trinajstić information content (AvgIpc) is 2.36. The lowest BCUT2D eigenvalue weighted by molar-refractivity contribution is 0.598. The molecule has 106 valence electrons. The van der Waals surface area contributed by atoms with E-state index in [1.807, 2.05) is 6.07 Å². The Labute approximate surface area is 126 Å². The standard InChI is InChI=1S/C14H13BrFNO2S/c1-9-8-12(4-5-13(9)16)20(18,19)17-14-6-3-11(15)7-10(14)2/h3-8,17H,1-2H3. The summed E-state index contributed by atoms with van der Waals surface area (Å²) >= 11 is 3.32. The van der Waals surface area contributed by atoms with Crippen LogP contribution in [0.4, 0.5) is 10.1 Å². The van der Waals surface area contributed by atoms with Gasteiger partial charge in [-0.3, -0.25) is 4.72 Å². The number of hydrogen-bond acceptors (Lipinski definition) is 2. The molecule has 0 aromatic heterocycles. The molecule has 0 aliphatic carbocycles. The molecule has 0 fully saturated rings. The molecule has 0 saturated heterocycles. The topological polar surface area (TPSA) is 46.2 Å². The van der Waals surface area contributed by atoms with Crippen LogP contribution in [0.2, 0.25) is 0 Å². The fraction of sp³-hybridized carbons (Fsp3) is 0.143. The van der Waals surface area contributed by atoms with Gasteiger partial charge in [-0.2, -0.15) is 0 Å². The Bertz CT molecular complexity index is 760. The van der Waals surface area contributed by atoms with Gasteiger partial charge in [-0.15, -0.1) is 0 Å². The zero-order chi connectivity index (χ0) is 14.9. The minimum Gasteiger partial charge on any atom is -0.279 e. The second-order valence-corrected chi connectivity index (χ2v) is 7.07. The van der Waals surface area contributed by atoms with E-state index >= 15 is 0 Å². The molecule has 2 aromatic rings. The minimum atomic E-state index is -3.72. The van der Waals surface area contributed by atoms with Crippen molar-refractivity contribution in [2.24, 2.45) is 0 Å². The fourth-order valence-corrected chi connectivity index (χ4v) is 3.42. The first-order chi connectivity index (χ1) is 9.29. The smallest absolute Gasteiger partial charge is 0.261 e. The van der Waals surface area contributed by atoms with Gasteiger partial charge >= 0.3 is 0 Å². The first kappa shape index (κ1) is 15.0. The van der Waals surface area contributed by atoms with Crippen molar-refractivity contribution in [2.45, 2.75) is 18.7 Å². The zero-order valence-electron chi connectivity index (χ0n) is 10.9. The molecule has 0 heterocycles. The number of sulfonamides is 1. The molecule has 0 atom stereocenters. The first-order valence-corrected chi connectivity index (χ1v) is 8.12. The Balaban J connectivity index is 2.38. The van der Waals surface area contributed by atoms with E-state index in [1.54, 1.807) is 19.1 Å². The van der Waals surface area contributed by atoms with Crippen LogP contribution in [0.15, 0.2) is 45.8 Å². The van der Waals surface area contributed by atoms with Crippen LogP contribution in [0.1, 0.15) is 11.1 Å². The lowest BCUT2D eigenvalue weighted by Gasteiger charge is -2.11. The third kappa shape index (κ3) is 3.19. The Hall–Kier alpha value is -1.40. The molecule has 6 heteroatoms. The Kier molecular flexibility index (Phi) is 4.15. The van der Waals surface area contributed by atoms with Crippen LogP contribution in [-0.2, 0) is 10.0 Å². The molecule has 1 N–H and O–H groups in total. The third-order valence-electron chi connectivity index (χ3n) is 2.87. The molecule has 3 nitrogen and oxygen atoms in total. The maximum Gasteiger partial charge on any atom is 0.261 e. The predicted octanol–water partition coefficient (Wildman–Crippen LogP) is 4.01. The van der Waals surface area contributed by atoms with Crippen LogP contribution in [0, 0.1) is 19.7 Å². The van der Waals surface area contributed by atoms with Gasteiger partial charge in [0.25, 0.3) is 10.0 Å². The Morgan fingerprint density at radius 3 is 2.35 bits per heavy atom. The molecule has 0 spiro atoms. The maximum atomic E-state index is 13.2. The van der Waals surface area contributed by atoms with E-state index in [0.29, 0.717) is 11.3 Å². The van der Waals surface area contributed by atoms with E-state index in [-0.39, 0.29) is 4.90 Å². The highest BCUT2D eigenvalue weighted by Gasteiger charge is 2.16. The number of halogens is 2. The molecule has 0 unspecified atom stereocenters. The SMILES string of the molecule is Cc1cc(S(=O)(=O)Nc2ccc(Br)cc2C)ccc1F. The summed E-state index contributed by atoms with van der Waals surface area (Å²) in [6, 6.07) is 8.95. The van der Waals surface area contributed by atoms with Gasteiger partial charge in [0.05, 0.1) is 10.6 Å². The number of hydrogen-bond donors (Lipinski definition) is 1. The number of rotatable bonds is 3. The van der Waals surface area contributed by atoms with Gasteiger partial charge in [0.1, 0.15) is 5.82 Å². The Morgan fingerprint density at radius 2 is 1.75 bits per heavy atom. The molecule has 0 radical (unpaired) electrons. The lowest BCUT2D eigenvalue weighted by Crippen LogP contribution is -2.14. The van der Waals surface area contributed by atoms with Crippen LogP contribution in [-0.4, -0.2) is 8.42 Å². The second-order valence-electron chi connectivity index (χ2n) is 4.48. The van der Waals surface area contributed by atoms with Gasteiger partial charge < -0.3 is 0 Å². The van der Waals surface area contributed by atoms with Crippen molar-refractivity contribution < 1.29 is 12.8 Å². The summed E-state index contributed by atoms with van der Waals surface area (Å²) in [6.45, 7) is 3.33. The normalized spacial score (nSPS) is 11.4. The predicted molar refractivity (Wildman–Crippen MR) is 80.8 cm³/mol. The highest BCUT2D eigenvalue weighted by Crippen LogP contribution is 2.23. The maximum absolute atomic E-state index is 13.2. The summed E-state index contributed by atoms with van der Waals surface area (Å²) < 4.78 is 41.1. The summed E-state index contributed by atoms with van der Waals surface area (Å²) in [6.07, 6.45) is 0. The quantitative estimate of drug-likeness (QED) is 0.901. The van der Waals surface area contributed by atoms with Crippen LogP contribution in [0.3, 0.4) is 0 Å². The number of nitrogens with one attached hydrogen (secondary N) is 1. The van der Waals surface area contributed by atoms with Crippen molar-refractivity contribution in [1.29, 1.82) is 0 Å². The second kappa shape index (κ2) is 5.54. The van der Waals surface area contributed by atoms with Gasteiger partial charge in [0.15, 0.2) is 0 Å². The van der Waals surface area contributed by atoms with Gasteiger partial charge in [-0.1, -0.05) is 15.9 Å². The van der Waals surface area contributed by atoms with Crippen LogP contribution in [0.5, 0.6) is 0 Å². The molecule has 20 heavy (non-hydrogen) atoms. The van der Waals surface area contributed by atoms with E-state index in [1.165, 1.54) is 19.1 Å². The molecule has 2 rings (SSSR count). The monoisotopic (exact) mass is 357 g/mol. The fourth-order valence-electron chi connectivity index (χ4n) is 1.73. The van der Waals surface area contributed by atoms with E-state index in [0.717, 1.165) is 16.1 Å². The van der Waals surface area contributed by atoms with Gasteiger partial charge in [-0.25, -0.2) is 12.8 Å². The highest BCUT2D eigenvalue weighted by molar-refractivity contribution is 9.10. The summed E-state index contributed by atoms with van der Waals surface area (Å²) in [5.41, 5.74) is 1.58. The van der Waals surface area contributed by atoms with Crippen LogP contribution < -0.4 is 4.72 Å². The average molecular weight is 358 g/mol. The third-order valence-corrected chi connectivity index (χ3v) is 4.73. The number of benzene rings is 2. The van der Waals surface area contributed by atoms with Gasteiger partial charge in [0.2, 0.25) is 0 Å². The molecule has 2 aromatic carbocycles. The van der Waals surface area contributed by atoms with Crippen LogP contribution >= 0.6 is 15.9 Å². The van der Waals surface area contributed by atoms with Crippen molar-refractivity contribution in [3.05, 3.63) is 57.8 Å². The van der Waals surface area contributed by atoms with Gasteiger partial charge in [0, 0.05) is 4.47 Å².